The van der Waals surface area contributed by atoms with Gasteiger partial charge in [0.15, 0.2) is 29.2 Å². The van der Waals surface area contributed by atoms with Crippen LogP contribution in [0.4, 0.5) is 11.9 Å². The maximum Gasteiger partial charge on any atom is 0.226 e. The zero-order chi connectivity index (χ0) is 43.0. The molecule has 17 nitrogen and oxygen atoms in total. The van der Waals surface area contributed by atoms with E-state index in [0.717, 1.165) is 33.9 Å². The van der Waals surface area contributed by atoms with Crippen LogP contribution in [-0.2, 0) is 40.2 Å². The van der Waals surface area contributed by atoms with Crippen LogP contribution in [0.25, 0.3) is 33.1 Å². The minimum atomic E-state index is -0.449. The van der Waals surface area contributed by atoms with Gasteiger partial charge in [-0.05, 0) is 48.5 Å². The minimum Gasteiger partial charge on any atom is -0.497 e. The molecule has 8 aromatic rings. The second kappa shape index (κ2) is 19.2. The van der Waals surface area contributed by atoms with E-state index in [-0.39, 0.29) is 6.42 Å². The van der Waals surface area contributed by atoms with Crippen LogP contribution in [0.3, 0.4) is 0 Å². The second-order valence-electron chi connectivity index (χ2n) is 13.2. The molecule has 316 valence electrons. The third-order valence-corrected chi connectivity index (χ3v) is 10.2. The first-order chi connectivity index (χ1) is 29.7. The van der Waals surface area contributed by atoms with Crippen molar-refractivity contribution >= 4 is 74.5 Å². The van der Waals surface area contributed by atoms with E-state index >= 15 is 0 Å². The number of benzene rings is 4. The first-order valence-corrected chi connectivity index (χ1v) is 19.5. The zero-order valence-corrected chi connectivity index (χ0v) is 35.6. The Morgan fingerprint density at radius 1 is 0.623 bits per heavy atom. The summed E-state index contributed by atoms with van der Waals surface area (Å²) in [5.74, 6) is 4.76. The molecule has 2 N–H and O–H groups in total. The van der Waals surface area contributed by atoms with E-state index in [1.54, 1.807) is 63.8 Å². The summed E-state index contributed by atoms with van der Waals surface area (Å²) in [5.41, 5.74) is 4.31. The molecule has 8 rings (SSSR count). The number of fused-ring (bicyclic) bond motifs is 6. The van der Waals surface area contributed by atoms with E-state index in [9.17, 15) is 4.79 Å². The van der Waals surface area contributed by atoms with Crippen molar-refractivity contribution in [3.05, 3.63) is 106 Å². The highest BCUT2D eigenvalue weighted by molar-refractivity contribution is 6.36. The van der Waals surface area contributed by atoms with E-state index in [0.29, 0.717) is 92.7 Å². The van der Waals surface area contributed by atoms with E-state index < -0.39 is 6.29 Å². The molecule has 0 radical (unpaired) electrons. The molecule has 4 aromatic carbocycles. The van der Waals surface area contributed by atoms with Crippen molar-refractivity contribution in [1.29, 1.82) is 0 Å². The van der Waals surface area contributed by atoms with Gasteiger partial charge in [-0.25, -0.2) is 19.9 Å². The lowest BCUT2D eigenvalue weighted by molar-refractivity contribution is -0.107. The summed E-state index contributed by atoms with van der Waals surface area (Å²) in [7, 11) is 9.61. The molecule has 0 saturated carbocycles. The van der Waals surface area contributed by atoms with Gasteiger partial charge in [-0.2, -0.15) is 9.03 Å². The summed E-state index contributed by atoms with van der Waals surface area (Å²) in [4.78, 5) is 29.5. The van der Waals surface area contributed by atoms with Crippen LogP contribution in [0.15, 0.2) is 72.8 Å². The van der Waals surface area contributed by atoms with Crippen LogP contribution < -0.4 is 29.6 Å². The van der Waals surface area contributed by atoms with Crippen LogP contribution >= 0.6 is 23.2 Å². The van der Waals surface area contributed by atoms with Crippen LogP contribution in [-0.4, -0.2) is 94.4 Å². The molecular formula is C42H42Cl2N10O7. The molecule has 0 fully saturated rings. The van der Waals surface area contributed by atoms with Crippen LogP contribution in [0.2, 0.25) is 10.0 Å². The average molecular weight is 870 g/mol. The molecule has 19 heteroatoms. The normalized spacial score (nSPS) is 11.2. The van der Waals surface area contributed by atoms with Gasteiger partial charge in [0, 0.05) is 61.3 Å². The molecule has 0 aliphatic heterocycles. The molecular weight excluding hydrogens is 827 g/mol. The van der Waals surface area contributed by atoms with Crippen LogP contribution in [0.5, 0.6) is 23.0 Å². The first-order valence-electron chi connectivity index (χ1n) is 18.8. The number of aldehydes is 1. The standard InChI is InChI=1S/C22H24ClN5O4.C20H18ClN5O3/c1-29-14-9-8-13(17(10-14)30-2)12-24-22-26-20-15(6-5-7-16(20)23)21-25-18(27-28(21)22)11-19(31-3)32-4;1-28-13-7-6-12(16(10-13)29-2)11-22-20-24-18-14(4-3-5-15(18)21)19-23-17(8-9-27)25-26(19)20/h5-10,19H,11-12H2,1-4H3,(H,24,26);3-7,9-10H,8,11H2,1-2H3,(H,22,24). The van der Waals surface area contributed by atoms with Crippen molar-refractivity contribution in [2.75, 3.05) is 53.3 Å². The Bertz CT molecular complexity index is 2830. The summed E-state index contributed by atoms with van der Waals surface area (Å²) in [5, 5.41) is 18.3. The first kappa shape index (κ1) is 42.6. The molecule has 0 unspecified atom stereocenters. The number of rotatable bonds is 16. The fraction of sp³-hybridized carbons (Fsp3) is 0.262. The van der Waals surface area contributed by atoms with Gasteiger partial charge in [0.1, 0.15) is 29.3 Å². The summed E-state index contributed by atoms with van der Waals surface area (Å²) >= 11 is 12.8. The minimum absolute atomic E-state index is 0.121. The molecule has 0 aliphatic carbocycles. The van der Waals surface area contributed by atoms with Crippen molar-refractivity contribution in [1.82, 2.24) is 39.2 Å². The number of carbonyl (C=O) groups is 1. The molecule has 4 aromatic heterocycles. The zero-order valence-electron chi connectivity index (χ0n) is 34.1. The quantitative estimate of drug-likeness (QED) is 0.0746. The molecule has 4 heterocycles. The summed E-state index contributed by atoms with van der Waals surface area (Å²) in [6, 6.07) is 22.3. The fourth-order valence-corrected chi connectivity index (χ4v) is 6.95. The topological polar surface area (TPSA) is 183 Å². The Kier molecular flexibility index (Phi) is 13.4. The Labute approximate surface area is 359 Å². The Balaban J connectivity index is 0.000000185. The van der Waals surface area contributed by atoms with Crippen molar-refractivity contribution in [2.45, 2.75) is 32.2 Å². The van der Waals surface area contributed by atoms with Gasteiger partial charge in [0.05, 0.1) is 62.4 Å². The van der Waals surface area contributed by atoms with Gasteiger partial charge in [0.25, 0.3) is 0 Å². The molecule has 0 amide bonds. The predicted molar refractivity (Wildman–Crippen MR) is 232 cm³/mol. The molecule has 0 bridgehead atoms. The lowest BCUT2D eigenvalue weighted by atomic mass is 10.2. The van der Waals surface area contributed by atoms with Gasteiger partial charge in [-0.3, -0.25) is 0 Å². The van der Waals surface area contributed by atoms with Gasteiger partial charge in [-0.1, -0.05) is 35.3 Å². The van der Waals surface area contributed by atoms with E-state index in [1.807, 2.05) is 60.7 Å². The lowest BCUT2D eigenvalue weighted by Crippen LogP contribution is -2.17. The number of ether oxygens (including phenoxy) is 6. The smallest absolute Gasteiger partial charge is 0.226 e. The van der Waals surface area contributed by atoms with Gasteiger partial charge >= 0.3 is 0 Å². The predicted octanol–water partition coefficient (Wildman–Crippen LogP) is 7.02. The van der Waals surface area contributed by atoms with Gasteiger partial charge in [0.2, 0.25) is 11.9 Å². The number of halogens is 2. The molecule has 0 spiro atoms. The Morgan fingerprint density at radius 3 is 1.54 bits per heavy atom. The van der Waals surface area contributed by atoms with Crippen molar-refractivity contribution in [2.24, 2.45) is 0 Å². The number of hydrogen-bond donors (Lipinski definition) is 2. The van der Waals surface area contributed by atoms with Gasteiger partial charge < -0.3 is 43.8 Å². The van der Waals surface area contributed by atoms with E-state index in [4.69, 9.17) is 61.6 Å². The molecule has 0 saturated heterocycles. The number of anilines is 2. The van der Waals surface area contributed by atoms with Crippen LogP contribution in [0.1, 0.15) is 22.8 Å². The van der Waals surface area contributed by atoms with E-state index in [1.165, 1.54) is 0 Å². The van der Waals surface area contributed by atoms with Crippen molar-refractivity contribution in [3.63, 3.8) is 0 Å². The number of carbonyl (C=O) groups excluding carboxylic acids is 1. The number of para-hydroxylation sites is 2. The average Bonchev–Trinajstić information content (AvgIpc) is 3.92. The maximum absolute atomic E-state index is 10.9. The number of aromatic nitrogens is 8. The molecule has 0 aliphatic rings. The third kappa shape index (κ3) is 9.14. The highest BCUT2D eigenvalue weighted by atomic mass is 35.5. The monoisotopic (exact) mass is 868 g/mol. The number of hydrogen-bond acceptors (Lipinski definition) is 15. The molecule has 61 heavy (non-hydrogen) atoms. The maximum atomic E-state index is 10.9. The van der Waals surface area contributed by atoms with Gasteiger partial charge in [-0.15, -0.1) is 10.2 Å². The summed E-state index contributed by atoms with van der Waals surface area (Å²) < 4.78 is 35.3. The van der Waals surface area contributed by atoms with Crippen LogP contribution in [0, 0.1) is 0 Å². The second-order valence-corrected chi connectivity index (χ2v) is 14.0. The van der Waals surface area contributed by atoms with Crippen molar-refractivity contribution < 1.29 is 33.2 Å². The molecule has 0 atom stereocenters. The number of nitrogens with zero attached hydrogens (tertiary/aromatic N) is 8. The number of nitrogens with one attached hydrogen (secondary N) is 2. The van der Waals surface area contributed by atoms with Crippen molar-refractivity contribution in [3.8, 4) is 23.0 Å². The third-order valence-electron chi connectivity index (χ3n) is 9.60. The number of methoxy groups -OCH3 is 6. The fourth-order valence-electron chi connectivity index (χ4n) is 6.51. The SMILES string of the molecule is COc1ccc(CNc2nc3c(Cl)cccc3c3nc(CC(OC)OC)nn23)c(OC)c1.COc1ccc(CNc2nc3c(Cl)cccc3c3nc(CC=O)nn23)c(OC)c1. The summed E-state index contributed by atoms with van der Waals surface area (Å²) in [6.45, 7) is 0.868. The highest BCUT2D eigenvalue weighted by Gasteiger charge is 2.19. The highest BCUT2D eigenvalue weighted by Crippen LogP contribution is 2.31. The Hall–Kier alpha value is -6.53. The lowest BCUT2D eigenvalue weighted by Gasteiger charge is -2.13. The summed E-state index contributed by atoms with van der Waals surface area (Å²) in [6.07, 6.45) is 0.834. The largest absolute Gasteiger partial charge is 0.497 e. The Morgan fingerprint density at radius 2 is 1.10 bits per heavy atom. The van der Waals surface area contributed by atoms with E-state index in [2.05, 4.69) is 30.8 Å².